The second kappa shape index (κ2) is 9.34. The number of ether oxygens (including phenoxy) is 3. The first-order chi connectivity index (χ1) is 15.5. The van der Waals surface area contributed by atoms with E-state index >= 15 is 0 Å². The van der Waals surface area contributed by atoms with Gasteiger partial charge in [-0.25, -0.2) is 4.98 Å². The Hall–Kier alpha value is -3.48. The Morgan fingerprint density at radius 3 is 2.25 bits per heavy atom. The van der Waals surface area contributed by atoms with Crippen LogP contribution < -0.4 is 24.4 Å². The zero-order valence-electron chi connectivity index (χ0n) is 19.0. The van der Waals surface area contributed by atoms with E-state index in [1.165, 1.54) is 12.0 Å². The first-order valence-corrected chi connectivity index (χ1v) is 10.8. The number of hydrogen-bond donors (Lipinski definition) is 1. The number of benzene rings is 2. The molecule has 0 aliphatic carbocycles. The highest BCUT2D eigenvalue weighted by atomic mass is 16.5. The summed E-state index contributed by atoms with van der Waals surface area (Å²) in [6.07, 6.45) is 3.55. The molecule has 7 nitrogen and oxygen atoms in total. The molecule has 0 unspecified atom stereocenters. The van der Waals surface area contributed by atoms with Crippen molar-refractivity contribution < 1.29 is 19.0 Å². The van der Waals surface area contributed by atoms with Crippen molar-refractivity contribution in [3.8, 4) is 17.2 Å². The third-order valence-corrected chi connectivity index (χ3v) is 5.79. The minimum atomic E-state index is -0.292. The first kappa shape index (κ1) is 21.7. The summed E-state index contributed by atoms with van der Waals surface area (Å²) in [6.45, 7) is 4.05. The SMILES string of the molecule is COc1cc(NC(=O)c2cc(N3CCCCC3)c3cc(C)ccc3n2)cc(OC)c1OC. The van der Waals surface area contributed by atoms with Crippen LogP contribution in [0.5, 0.6) is 17.2 Å². The number of nitrogens with one attached hydrogen (secondary N) is 1. The molecule has 1 amide bonds. The van der Waals surface area contributed by atoms with Crippen molar-refractivity contribution in [2.75, 3.05) is 44.6 Å². The second-order valence-corrected chi connectivity index (χ2v) is 7.96. The molecule has 3 aromatic rings. The van der Waals surface area contributed by atoms with Crippen molar-refractivity contribution in [2.24, 2.45) is 0 Å². The van der Waals surface area contributed by atoms with Gasteiger partial charge in [-0.1, -0.05) is 11.6 Å². The molecule has 168 valence electrons. The van der Waals surface area contributed by atoms with Crippen LogP contribution in [0, 0.1) is 6.92 Å². The van der Waals surface area contributed by atoms with E-state index < -0.39 is 0 Å². The lowest BCUT2D eigenvalue weighted by Gasteiger charge is -2.30. The largest absolute Gasteiger partial charge is 0.493 e. The van der Waals surface area contributed by atoms with E-state index in [0.29, 0.717) is 28.6 Å². The Bertz CT molecular complexity index is 1110. The normalized spacial score (nSPS) is 13.7. The third-order valence-electron chi connectivity index (χ3n) is 5.79. The Kier molecular flexibility index (Phi) is 6.35. The van der Waals surface area contributed by atoms with Crippen molar-refractivity contribution in [3.63, 3.8) is 0 Å². The van der Waals surface area contributed by atoms with Gasteiger partial charge in [0.05, 0.1) is 26.8 Å². The Morgan fingerprint density at radius 2 is 1.62 bits per heavy atom. The van der Waals surface area contributed by atoms with Gasteiger partial charge in [0.1, 0.15) is 5.69 Å². The lowest BCUT2D eigenvalue weighted by atomic mass is 10.1. The lowest BCUT2D eigenvalue weighted by Crippen LogP contribution is -2.30. The Balaban J connectivity index is 1.72. The molecule has 1 aromatic heterocycles. The fourth-order valence-electron chi connectivity index (χ4n) is 4.18. The maximum Gasteiger partial charge on any atom is 0.274 e. The highest BCUT2D eigenvalue weighted by Crippen LogP contribution is 2.40. The first-order valence-electron chi connectivity index (χ1n) is 10.8. The number of carbonyl (C=O) groups is 1. The van der Waals surface area contributed by atoms with Gasteiger partial charge < -0.3 is 24.4 Å². The standard InChI is InChI=1S/C25H29N3O4/c1-16-8-9-19-18(12-16)21(28-10-6-5-7-11-28)15-20(27-19)25(29)26-17-13-22(30-2)24(32-4)23(14-17)31-3/h8-9,12-15H,5-7,10-11H2,1-4H3,(H,26,29). The summed E-state index contributed by atoms with van der Waals surface area (Å²) in [5.41, 5.74) is 3.96. The predicted molar refractivity (Wildman–Crippen MR) is 127 cm³/mol. The van der Waals surface area contributed by atoms with Gasteiger partial charge in [0.25, 0.3) is 5.91 Å². The van der Waals surface area contributed by atoms with E-state index in [9.17, 15) is 4.79 Å². The van der Waals surface area contributed by atoms with Gasteiger partial charge in [-0.05, 0) is 44.4 Å². The minimum absolute atomic E-state index is 0.292. The highest BCUT2D eigenvalue weighted by molar-refractivity contribution is 6.06. The van der Waals surface area contributed by atoms with Crippen LogP contribution in [0.4, 0.5) is 11.4 Å². The molecule has 1 aliphatic rings. The number of aryl methyl sites for hydroxylation is 1. The molecule has 4 rings (SSSR count). The van der Waals surface area contributed by atoms with Crippen molar-refractivity contribution in [1.29, 1.82) is 0 Å². The summed E-state index contributed by atoms with van der Waals surface area (Å²) in [4.78, 5) is 20.2. The number of anilines is 2. The maximum atomic E-state index is 13.2. The van der Waals surface area contributed by atoms with Gasteiger partial charge in [-0.15, -0.1) is 0 Å². The molecule has 0 radical (unpaired) electrons. The van der Waals surface area contributed by atoms with Crippen molar-refractivity contribution in [2.45, 2.75) is 26.2 Å². The molecule has 0 spiro atoms. The van der Waals surface area contributed by atoms with E-state index in [2.05, 4.69) is 28.2 Å². The van der Waals surface area contributed by atoms with Crippen LogP contribution in [0.2, 0.25) is 0 Å². The van der Waals surface area contributed by atoms with Gasteiger partial charge in [0.2, 0.25) is 5.75 Å². The summed E-state index contributed by atoms with van der Waals surface area (Å²) in [7, 11) is 4.63. The molecule has 1 N–H and O–H groups in total. The molecular formula is C25H29N3O4. The molecule has 1 saturated heterocycles. The van der Waals surface area contributed by atoms with Crippen LogP contribution in [-0.2, 0) is 0 Å². The maximum absolute atomic E-state index is 13.2. The van der Waals surface area contributed by atoms with Crippen LogP contribution >= 0.6 is 0 Å². The quantitative estimate of drug-likeness (QED) is 0.599. The lowest BCUT2D eigenvalue weighted by molar-refractivity contribution is 0.102. The number of pyridine rings is 1. The zero-order valence-corrected chi connectivity index (χ0v) is 19.0. The number of nitrogens with zero attached hydrogens (tertiary/aromatic N) is 2. The smallest absolute Gasteiger partial charge is 0.274 e. The Morgan fingerprint density at radius 1 is 0.938 bits per heavy atom. The average Bonchev–Trinajstić information content (AvgIpc) is 2.83. The van der Waals surface area contributed by atoms with Crippen LogP contribution in [0.15, 0.2) is 36.4 Å². The summed E-state index contributed by atoms with van der Waals surface area (Å²) in [5.74, 6) is 1.12. The molecule has 0 bridgehead atoms. The molecule has 2 aromatic carbocycles. The summed E-state index contributed by atoms with van der Waals surface area (Å²) < 4.78 is 16.2. The Labute approximate surface area is 188 Å². The molecule has 2 heterocycles. The average molecular weight is 436 g/mol. The predicted octanol–water partition coefficient (Wildman–Crippen LogP) is 4.81. The van der Waals surface area contributed by atoms with Gasteiger partial charge in [0, 0.05) is 42.0 Å². The van der Waals surface area contributed by atoms with Crippen LogP contribution in [-0.4, -0.2) is 45.3 Å². The summed E-state index contributed by atoms with van der Waals surface area (Å²) in [5, 5.41) is 4.01. The second-order valence-electron chi connectivity index (χ2n) is 7.96. The molecular weight excluding hydrogens is 406 g/mol. The van der Waals surface area contributed by atoms with Gasteiger partial charge in [0.15, 0.2) is 11.5 Å². The number of piperidine rings is 1. The molecule has 7 heteroatoms. The van der Waals surface area contributed by atoms with Crippen LogP contribution in [0.3, 0.4) is 0 Å². The van der Waals surface area contributed by atoms with E-state index in [-0.39, 0.29) is 5.91 Å². The number of rotatable bonds is 6. The topological polar surface area (TPSA) is 72.9 Å². The molecule has 1 aliphatic heterocycles. The number of amides is 1. The fraction of sp³-hybridized carbons (Fsp3) is 0.360. The van der Waals surface area contributed by atoms with E-state index in [1.807, 2.05) is 18.2 Å². The zero-order chi connectivity index (χ0) is 22.7. The van der Waals surface area contributed by atoms with E-state index in [0.717, 1.165) is 42.5 Å². The van der Waals surface area contributed by atoms with E-state index in [1.54, 1.807) is 33.5 Å². The molecule has 0 atom stereocenters. The number of hydrogen-bond acceptors (Lipinski definition) is 6. The monoisotopic (exact) mass is 435 g/mol. The summed E-state index contributed by atoms with van der Waals surface area (Å²) >= 11 is 0. The molecule has 1 fully saturated rings. The minimum Gasteiger partial charge on any atom is -0.493 e. The van der Waals surface area contributed by atoms with Crippen LogP contribution in [0.1, 0.15) is 35.3 Å². The highest BCUT2D eigenvalue weighted by Gasteiger charge is 2.20. The number of carbonyl (C=O) groups excluding carboxylic acids is 1. The van der Waals surface area contributed by atoms with Gasteiger partial charge >= 0.3 is 0 Å². The van der Waals surface area contributed by atoms with Gasteiger partial charge in [-0.3, -0.25) is 4.79 Å². The number of fused-ring (bicyclic) bond motifs is 1. The number of methoxy groups -OCH3 is 3. The van der Waals surface area contributed by atoms with Gasteiger partial charge in [-0.2, -0.15) is 0 Å². The fourth-order valence-corrected chi connectivity index (χ4v) is 4.18. The third kappa shape index (κ3) is 4.28. The van der Waals surface area contributed by atoms with E-state index in [4.69, 9.17) is 14.2 Å². The summed E-state index contributed by atoms with van der Waals surface area (Å²) in [6, 6.07) is 11.5. The van der Waals surface area contributed by atoms with Crippen LogP contribution in [0.25, 0.3) is 10.9 Å². The van der Waals surface area contributed by atoms with Crippen molar-refractivity contribution >= 4 is 28.2 Å². The van der Waals surface area contributed by atoms with Crippen molar-refractivity contribution in [1.82, 2.24) is 4.98 Å². The molecule has 0 saturated carbocycles. The number of aromatic nitrogens is 1. The molecule has 32 heavy (non-hydrogen) atoms. The van der Waals surface area contributed by atoms with Crippen molar-refractivity contribution in [3.05, 3.63) is 47.7 Å².